The van der Waals surface area contributed by atoms with E-state index in [0.29, 0.717) is 5.69 Å². The Morgan fingerprint density at radius 2 is 2.12 bits per heavy atom. The van der Waals surface area contributed by atoms with E-state index in [1.807, 2.05) is 24.3 Å². The Balaban J connectivity index is 1.96. The summed E-state index contributed by atoms with van der Waals surface area (Å²) in [6.07, 6.45) is 0. The first-order chi connectivity index (χ1) is 8.34. The number of carbonyl (C=O) groups is 1. The number of carbonyl (C=O) groups excluding carboxylic acids is 1. The Bertz CT molecular complexity index is 657. The van der Waals surface area contributed by atoms with Crippen molar-refractivity contribution < 1.29 is 4.79 Å². The van der Waals surface area contributed by atoms with Gasteiger partial charge in [-0.05, 0) is 11.3 Å². The van der Waals surface area contributed by atoms with E-state index in [1.54, 1.807) is 0 Å². The molecule has 17 heavy (non-hydrogen) atoms. The lowest BCUT2D eigenvalue weighted by atomic mass is 10.2. The number of nitrogens with zero attached hydrogens (tertiary/aromatic N) is 4. The molecule has 0 atom stereocenters. The molecule has 0 fully saturated rings. The van der Waals surface area contributed by atoms with E-state index in [1.165, 1.54) is 0 Å². The van der Waals surface area contributed by atoms with Crippen molar-refractivity contribution in [1.82, 2.24) is 30.8 Å². The van der Waals surface area contributed by atoms with Gasteiger partial charge in [0.05, 0.1) is 5.52 Å². The minimum absolute atomic E-state index is 0.113. The predicted octanol–water partition coefficient (Wildman–Crippen LogP) is 0.328. The molecule has 0 aliphatic carbocycles. The fourth-order valence-electron chi connectivity index (χ4n) is 1.51. The number of anilines is 1. The summed E-state index contributed by atoms with van der Waals surface area (Å²) in [6.45, 7) is 0. The first-order valence-corrected chi connectivity index (χ1v) is 4.82. The first kappa shape index (κ1) is 9.46. The standard InChI is InChI=1S/C9H7N7O/c17-8(10-9-13-15-16-14-9)7-5-3-1-2-4-6(5)11-12-7/h1-4H,(H,11,12)(H2,10,13,14,15,16,17). The van der Waals surface area contributed by atoms with Crippen molar-refractivity contribution in [2.75, 3.05) is 5.32 Å². The van der Waals surface area contributed by atoms with Gasteiger partial charge in [0.15, 0.2) is 5.69 Å². The number of benzene rings is 1. The second-order valence-electron chi connectivity index (χ2n) is 3.31. The average Bonchev–Trinajstić information content (AvgIpc) is 2.96. The molecule has 1 amide bonds. The second-order valence-corrected chi connectivity index (χ2v) is 3.31. The number of aromatic nitrogens is 6. The zero-order valence-corrected chi connectivity index (χ0v) is 8.51. The van der Waals surface area contributed by atoms with Gasteiger partial charge in [0.25, 0.3) is 11.9 Å². The van der Waals surface area contributed by atoms with Crippen LogP contribution in [-0.4, -0.2) is 36.7 Å². The summed E-state index contributed by atoms with van der Waals surface area (Å²) < 4.78 is 0. The van der Waals surface area contributed by atoms with Crippen LogP contribution in [0.25, 0.3) is 10.9 Å². The van der Waals surface area contributed by atoms with Crippen LogP contribution in [-0.2, 0) is 0 Å². The number of tetrazole rings is 1. The van der Waals surface area contributed by atoms with Crippen molar-refractivity contribution in [1.29, 1.82) is 0 Å². The molecule has 0 saturated heterocycles. The third-order valence-electron chi connectivity index (χ3n) is 2.26. The van der Waals surface area contributed by atoms with E-state index >= 15 is 0 Å². The normalized spacial score (nSPS) is 10.6. The lowest BCUT2D eigenvalue weighted by Crippen LogP contribution is -2.13. The van der Waals surface area contributed by atoms with E-state index in [0.717, 1.165) is 10.9 Å². The van der Waals surface area contributed by atoms with Crippen molar-refractivity contribution in [3.63, 3.8) is 0 Å². The molecule has 8 nitrogen and oxygen atoms in total. The predicted molar refractivity (Wildman–Crippen MR) is 58.2 cm³/mol. The molecule has 0 aliphatic heterocycles. The fourth-order valence-corrected chi connectivity index (χ4v) is 1.51. The minimum atomic E-state index is -0.385. The summed E-state index contributed by atoms with van der Waals surface area (Å²) in [5.41, 5.74) is 1.09. The summed E-state index contributed by atoms with van der Waals surface area (Å²) in [5.74, 6) is -0.272. The maximum Gasteiger partial charge on any atom is 0.279 e. The van der Waals surface area contributed by atoms with Crippen LogP contribution >= 0.6 is 0 Å². The van der Waals surface area contributed by atoms with Gasteiger partial charge in [-0.2, -0.15) is 10.3 Å². The molecule has 2 heterocycles. The van der Waals surface area contributed by atoms with Crippen LogP contribution < -0.4 is 5.32 Å². The molecule has 8 heteroatoms. The monoisotopic (exact) mass is 229 g/mol. The number of rotatable bonds is 2. The highest BCUT2D eigenvalue weighted by Gasteiger charge is 2.15. The van der Waals surface area contributed by atoms with E-state index in [9.17, 15) is 4.79 Å². The van der Waals surface area contributed by atoms with Crippen LogP contribution in [0.15, 0.2) is 24.3 Å². The highest BCUT2D eigenvalue weighted by atomic mass is 16.2. The highest BCUT2D eigenvalue weighted by Crippen LogP contribution is 2.15. The molecule has 0 saturated carbocycles. The maximum absolute atomic E-state index is 11.9. The van der Waals surface area contributed by atoms with Gasteiger partial charge in [0.2, 0.25) is 0 Å². The number of hydrogen-bond acceptors (Lipinski definition) is 5. The average molecular weight is 229 g/mol. The summed E-state index contributed by atoms with van der Waals surface area (Å²) in [7, 11) is 0. The van der Waals surface area contributed by atoms with E-state index in [2.05, 4.69) is 36.1 Å². The second kappa shape index (κ2) is 3.67. The Hall–Kier alpha value is -2.77. The summed E-state index contributed by atoms with van der Waals surface area (Å²) in [5, 5.41) is 22.8. The molecule has 0 bridgehead atoms. The Morgan fingerprint density at radius 3 is 2.94 bits per heavy atom. The molecule has 0 unspecified atom stereocenters. The minimum Gasteiger partial charge on any atom is -0.286 e. The lowest BCUT2D eigenvalue weighted by Gasteiger charge is -1.96. The van der Waals surface area contributed by atoms with Gasteiger partial charge < -0.3 is 0 Å². The van der Waals surface area contributed by atoms with Crippen molar-refractivity contribution in [2.24, 2.45) is 0 Å². The smallest absolute Gasteiger partial charge is 0.279 e. The molecule has 3 N–H and O–H groups in total. The summed E-state index contributed by atoms with van der Waals surface area (Å²) in [4.78, 5) is 11.9. The van der Waals surface area contributed by atoms with Gasteiger partial charge in [-0.1, -0.05) is 23.3 Å². The molecule has 3 rings (SSSR count). The molecule has 84 valence electrons. The maximum atomic E-state index is 11.9. The van der Waals surface area contributed by atoms with Gasteiger partial charge in [0.1, 0.15) is 0 Å². The molecule has 3 aromatic rings. The topological polar surface area (TPSA) is 112 Å². The Labute approximate surface area is 94.4 Å². The van der Waals surface area contributed by atoms with E-state index in [-0.39, 0.29) is 11.9 Å². The van der Waals surface area contributed by atoms with Crippen LogP contribution in [0, 0.1) is 0 Å². The number of amides is 1. The van der Waals surface area contributed by atoms with Crippen LogP contribution in [0.5, 0.6) is 0 Å². The van der Waals surface area contributed by atoms with Crippen molar-refractivity contribution in [3.8, 4) is 0 Å². The number of nitrogens with one attached hydrogen (secondary N) is 3. The van der Waals surface area contributed by atoms with Gasteiger partial charge in [-0.15, -0.1) is 5.10 Å². The van der Waals surface area contributed by atoms with E-state index < -0.39 is 0 Å². The van der Waals surface area contributed by atoms with Crippen LogP contribution in [0.4, 0.5) is 5.95 Å². The molecule has 0 aliphatic rings. The lowest BCUT2D eigenvalue weighted by molar-refractivity contribution is 0.102. The Kier molecular flexibility index (Phi) is 2.04. The summed E-state index contributed by atoms with van der Waals surface area (Å²) >= 11 is 0. The third-order valence-corrected chi connectivity index (χ3v) is 2.26. The molecular formula is C9H7N7O. The Morgan fingerprint density at radius 1 is 1.24 bits per heavy atom. The largest absolute Gasteiger partial charge is 0.286 e. The number of hydrogen-bond donors (Lipinski definition) is 3. The number of fused-ring (bicyclic) bond motifs is 1. The highest BCUT2D eigenvalue weighted by molar-refractivity contribution is 6.10. The van der Waals surface area contributed by atoms with Crippen molar-refractivity contribution in [3.05, 3.63) is 30.0 Å². The third kappa shape index (κ3) is 1.61. The SMILES string of the molecule is O=C(Nc1nn[nH]n1)c1n[nH]c2ccccc12. The molecular weight excluding hydrogens is 222 g/mol. The van der Waals surface area contributed by atoms with Gasteiger partial charge in [-0.3, -0.25) is 15.2 Å². The zero-order chi connectivity index (χ0) is 11.7. The van der Waals surface area contributed by atoms with Gasteiger partial charge in [0, 0.05) is 5.39 Å². The molecule has 0 radical (unpaired) electrons. The molecule has 0 spiro atoms. The van der Waals surface area contributed by atoms with Crippen LogP contribution in [0.1, 0.15) is 10.5 Å². The van der Waals surface area contributed by atoms with Crippen LogP contribution in [0.2, 0.25) is 0 Å². The first-order valence-electron chi connectivity index (χ1n) is 4.82. The van der Waals surface area contributed by atoms with Crippen molar-refractivity contribution in [2.45, 2.75) is 0 Å². The number of H-pyrrole nitrogens is 2. The summed E-state index contributed by atoms with van der Waals surface area (Å²) in [6, 6.07) is 7.35. The fraction of sp³-hybridized carbons (Fsp3) is 0. The van der Waals surface area contributed by atoms with Gasteiger partial charge >= 0.3 is 0 Å². The molecule has 2 aromatic heterocycles. The number of aromatic amines is 2. The number of para-hydroxylation sites is 1. The molecule has 1 aromatic carbocycles. The van der Waals surface area contributed by atoms with E-state index in [4.69, 9.17) is 0 Å². The van der Waals surface area contributed by atoms with Gasteiger partial charge in [-0.25, -0.2) is 0 Å². The zero-order valence-electron chi connectivity index (χ0n) is 8.51. The van der Waals surface area contributed by atoms with Crippen molar-refractivity contribution >= 4 is 22.8 Å². The van der Waals surface area contributed by atoms with Crippen LogP contribution in [0.3, 0.4) is 0 Å². The quantitative estimate of drug-likeness (QED) is 0.586.